The van der Waals surface area contributed by atoms with Gasteiger partial charge in [0.2, 0.25) is 5.95 Å². The molecule has 162 valence electrons. The van der Waals surface area contributed by atoms with Gasteiger partial charge < -0.3 is 10.1 Å². The maximum Gasteiger partial charge on any atom is 0.264 e. The number of amides is 1. The van der Waals surface area contributed by atoms with Gasteiger partial charge in [-0.2, -0.15) is 0 Å². The Morgan fingerprint density at radius 3 is 2.34 bits per heavy atom. The summed E-state index contributed by atoms with van der Waals surface area (Å²) in [6, 6.07) is 14.1. The first kappa shape index (κ1) is 21.4. The van der Waals surface area contributed by atoms with Gasteiger partial charge in [-0.3, -0.25) is 4.79 Å². The van der Waals surface area contributed by atoms with E-state index in [0.29, 0.717) is 23.6 Å². The number of benzene rings is 2. The molecule has 0 radical (unpaired) electrons. The molecule has 0 aliphatic heterocycles. The first-order valence-electron chi connectivity index (χ1n) is 9.31. The first-order valence-corrected chi connectivity index (χ1v) is 11.7. The number of hydrogen-bond acceptors (Lipinski definition) is 8. The molecule has 0 aliphatic rings. The fourth-order valence-electron chi connectivity index (χ4n) is 2.62. The van der Waals surface area contributed by atoms with Gasteiger partial charge in [0.15, 0.2) is 0 Å². The molecule has 0 unspecified atom stereocenters. The lowest BCUT2D eigenvalue weighted by atomic mass is 10.2. The van der Waals surface area contributed by atoms with E-state index in [1.165, 1.54) is 48.0 Å². The monoisotopic (exact) mass is 467 g/mol. The van der Waals surface area contributed by atoms with E-state index in [1.807, 2.05) is 5.38 Å². The highest BCUT2D eigenvalue weighted by atomic mass is 32.2. The van der Waals surface area contributed by atoms with Crippen LogP contribution in [0.3, 0.4) is 0 Å². The number of sulfonamides is 1. The molecule has 4 aromatic rings. The van der Waals surface area contributed by atoms with Gasteiger partial charge in [-0.15, -0.1) is 11.3 Å². The summed E-state index contributed by atoms with van der Waals surface area (Å²) in [4.78, 5) is 24.3. The molecule has 11 heteroatoms. The van der Waals surface area contributed by atoms with Crippen LogP contribution in [0, 0.1) is 0 Å². The van der Waals surface area contributed by atoms with E-state index in [9.17, 15) is 13.2 Å². The van der Waals surface area contributed by atoms with Crippen LogP contribution in [0.15, 0.2) is 82.8 Å². The van der Waals surface area contributed by atoms with Crippen LogP contribution in [0.25, 0.3) is 0 Å². The highest BCUT2D eigenvalue weighted by molar-refractivity contribution is 7.92. The third-order valence-corrected chi connectivity index (χ3v) is 6.18. The molecule has 0 saturated carbocycles. The van der Waals surface area contributed by atoms with Crippen molar-refractivity contribution in [2.45, 2.75) is 11.5 Å². The smallest absolute Gasteiger partial charge is 0.264 e. The van der Waals surface area contributed by atoms with Gasteiger partial charge in [0.25, 0.3) is 15.9 Å². The van der Waals surface area contributed by atoms with Crippen molar-refractivity contribution in [3.63, 3.8) is 0 Å². The van der Waals surface area contributed by atoms with Crippen molar-refractivity contribution in [2.24, 2.45) is 0 Å². The van der Waals surface area contributed by atoms with Crippen molar-refractivity contribution in [1.29, 1.82) is 0 Å². The molecule has 0 bridgehead atoms. The Morgan fingerprint density at radius 1 is 0.969 bits per heavy atom. The van der Waals surface area contributed by atoms with Crippen LogP contribution in [-0.4, -0.2) is 29.3 Å². The van der Waals surface area contributed by atoms with Gasteiger partial charge in [-0.05, 0) is 54.6 Å². The minimum absolute atomic E-state index is 0.0181. The molecule has 0 spiro atoms. The minimum atomic E-state index is -3.84. The zero-order valence-corrected chi connectivity index (χ0v) is 18.1. The SMILES string of the molecule is O=C(Nc1ccc(S(=O)(=O)Nc2ncccn2)cc1)c1ccc(OCc2cscn2)cc1. The summed E-state index contributed by atoms with van der Waals surface area (Å²) >= 11 is 1.50. The summed E-state index contributed by atoms with van der Waals surface area (Å²) in [5.74, 6) is 0.269. The van der Waals surface area contributed by atoms with E-state index in [-0.39, 0.29) is 16.8 Å². The number of nitrogens with one attached hydrogen (secondary N) is 2. The molecule has 2 aromatic carbocycles. The Labute approximate surface area is 188 Å². The highest BCUT2D eigenvalue weighted by Crippen LogP contribution is 2.18. The fourth-order valence-corrected chi connectivity index (χ4v) is 4.12. The summed E-state index contributed by atoms with van der Waals surface area (Å²) in [6.07, 6.45) is 2.87. The lowest BCUT2D eigenvalue weighted by Gasteiger charge is -2.09. The van der Waals surface area contributed by atoms with Crippen molar-refractivity contribution in [2.75, 3.05) is 10.0 Å². The van der Waals surface area contributed by atoms with Crippen LogP contribution in [-0.2, 0) is 16.6 Å². The number of thiazole rings is 1. The molecule has 32 heavy (non-hydrogen) atoms. The number of rotatable bonds is 8. The summed E-state index contributed by atoms with van der Waals surface area (Å²) in [5.41, 5.74) is 3.47. The molecular weight excluding hydrogens is 450 g/mol. The molecule has 9 nitrogen and oxygen atoms in total. The first-order chi connectivity index (χ1) is 15.5. The van der Waals surface area contributed by atoms with Crippen LogP contribution < -0.4 is 14.8 Å². The Bertz CT molecular complexity index is 1280. The average molecular weight is 468 g/mol. The van der Waals surface area contributed by atoms with Crippen molar-refractivity contribution in [3.05, 3.63) is 89.1 Å². The predicted octanol–water partition coefficient (Wildman–Crippen LogP) is 3.57. The number of nitrogens with zero attached hydrogens (tertiary/aromatic N) is 3. The quantitative estimate of drug-likeness (QED) is 0.406. The van der Waals surface area contributed by atoms with E-state index in [4.69, 9.17) is 4.74 Å². The average Bonchev–Trinajstić information content (AvgIpc) is 3.32. The third kappa shape index (κ3) is 5.45. The number of hydrogen-bond donors (Lipinski definition) is 2. The van der Waals surface area contributed by atoms with Gasteiger partial charge in [0, 0.05) is 29.0 Å². The molecule has 0 aliphatic carbocycles. The maximum atomic E-state index is 12.5. The topological polar surface area (TPSA) is 123 Å². The van der Waals surface area contributed by atoms with Crippen LogP contribution in [0.2, 0.25) is 0 Å². The summed E-state index contributed by atoms with van der Waals surface area (Å²) in [7, 11) is -3.84. The Balaban J connectivity index is 1.36. The van der Waals surface area contributed by atoms with E-state index < -0.39 is 10.0 Å². The summed E-state index contributed by atoms with van der Waals surface area (Å²) in [6.45, 7) is 0.357. The molecule has 2 N–H and O–H groups in total. The molecular formula is C21H17N5O4S2. The van der Waals surface area contributed by atoms with Gasteiger partial charge >= 0.3 is 0 Å². The number of carbonyl (C=O) groups is 1. The Hall–Kier alpha value is -3.83. The normalized spacial score (nSPS) is 11.0. The van der Waals surface area contributed by atoms with E-state index >= 15 is 0 Å². The molecule has 4 rings (SSSR count). The minimum Gasteiger partial charge on any atom is -0.487 e. The van der Waals surface area contributed by atoms with Crippen LogP contribution in [0.4, 0.5) is 11.6 Å². The Kier molecular flexibility index (Phi) is 6.38. The Morgan fingerprint density at radius 2 is 1.69 bits per heavy atom. The number of carbonyl (C=O) groups excluding carboxylic acids is 1. The highest BCUT2D eigenvalue weighted by Gasteiger charge is 2.16. The third-order valence-electron chi connectivity index (χ3n) is 4.20. The van der Waals surface area contributed by atoms with E-state index in [1.54, 1.807) is 35.8 Å². The van der Waals surface area contributed by atoms with Crippen LogP contribution in [0.1, 0.15) is 16.1 Å². The molecule has 0 fully saturated rings. The van der Waals surface area contributed by atoms with Crippen molar-refractivity contribution in [1.82, 2.24) is 15.0 Å². The molecule has 2 aromatic heterocycles. The largest absolute Gasteiger partial charge is 0.487 e. The standard InChI is InChI=1S/C21H17N5O4S2/c27-20(15-2-6-18(7-3-15)30-12-17-13-31-14-24-17)25-16-4-8-19(9-5-16)32(28,29)26-21-22-10-1-11-23-21/h1-11,13-14H,12H2,(H,25,27)(H,22,23,26). The van der Waals surface area contributed by atoms with Gasteiger partial charge in [-0.25, -0.2) is 28.1 Å². The zero-order chi connectivity index (χ0) is 22.4. The molecule has 1 amide bonds. The summed E-state index contributed by atoms with van der Waals surface area (Å²) < 4.78 is 32.8. The van der Waals surface area contributed by atoms with Crippen LogP contribution in [0.5, 0.6) is 5.75 Å². The summed E-state index contributed by atoms with van der Waals surface area (Å²) in [5, 5.41) is 4.64. The predicted molar refractivity (Wildman–Crippen MR) is 120 cm³/mol. The number of aromatic nitrogens is 3. The second-order valence-corrected chi connectivity index (χ2v) is 8.85. The van der Waals surface area contributed by atoms with Crippen molar-refractivity contribution >= 4 is 38.9 Å². The van der Waals surface area contributed by atoms with Crippen LogP contribution >= 0.6 is 11.3 Å². The molecule has 0 atom stereocenters. The molecule has 0 saturated heterocycles. The van der Waals surface area contributed by atoms with Gasteiger partial charge in [-0.1, -0.05) is 0 Å². The lowest BCUT2D eigenvalue weighted by molar-refractivity contribution is 0.102. The second kappa shape index (κ2) is 9.54. The van der Waals surface area contributed by atoms with Gasteiger partial charge in [0.1, 0.15) is 12.4 Å². The lowest BCUT2D eigenvalue weighted by Crippen LogP contribution is -2.15. The number of ether oxygens (including phenoxy) is 1. The van der Waals surface area contributed by atoms with E-state index in [0.717, 1.165) is 5.69 Å². The van der Waals surface area contributed by atoms with Crippen molar-refractivity contribution < 1.29 is 17.9 Å². The maximum absolute atomic E-state index is 12.5. The van der Waals surface area contributed by atoms with Gasteiger partial charge in [0.05, 0.1) is 16.1 Å². The number of anilines is 2. The second-order valence-electron chi connectivity index (χ2n) is 6.45. The fraction of sp³-hybridized carbons (Fsp3) is 0.0476. The molecule has 2 heterocycles. The van der Waals surface area contributed by atoms with E-state index in [2.05, 4.69) is 25.0 Å². The van der Waals surface area contributed by atoms with Crippen molar-refractivity contribution in [3.8, 4) is 5.75 Å². The zero-order valence-electron chi connectivity index (χ0n) is 16.5.